The fraction of sp³-hybridized carbons (Fsp3) is 0.375. The summed E-state index contributed by atoms with van der Waals surface area (Å²) < 4.78 is 1.00. The number of rotatable bonds is 3. The van der Waals surface area contributed by atoms with Crippen molar-refractivity contribution in [3.63, 3.8) is 0 Å². The largest absolute Gasteiger partial charge is 0.369 e. The van der Waals surface area contributed by atoms with Crippen LogP contribution in [0.3, 0.4) is 0 Å². The number of imide groups is 1. The molecule has 24 heavy (non-hydrogen) atoms. The van der Waals surface area contributed by atoms with Gasteiger partial charge >= 0.3 is 0 Å². The van der Waals surface area contributed by atoms with Crippen molar-refractivity contribution in [2.24, 2.45) is 0 Å². The van der Waals surface area contributed by atoms with Crippen LogP contribution in [0.4, 0.5) is 10.5 Å². The third-order valence-electron chi connectivity index (χ3n) is 4.16. The fourth-order valence-electron chi connectivity index (χ4n) is 2.91. The summed E-state index contributed by atoms with van der Waals surface area (Å²) in [6.45, 7) is 1.92. The van der Waals surface area contributed by atoms with Crippen LogP contribution in [-0.4, -0.2) is 49.3 Å². The molecule has 5 nitrogen and oxygen atoms in total. The molecule has 2 fully saturated rings. The number of thioether (sulfide) groups is 1. The van der Waals surface area contributed by atoms with Crippen LogP contribution in [0.5, 0.6) is 0 Å². The maximum absolute atomic E-state index is 11.8. The summed E-state index contributed by atoms with van der Waals surface area (Å²) in [4.78, 5) is 28.2. The molecule has 1 atom stereocenters. The molecule has 3 rings (SSSR count). The fourth-order valence-corrected chi connectivity index (χ4v) is 4.22. The first-order valence-corrected chi connectivity index (χ1v) is 9.01. The van der Waals surface area contributed by atoms with Gasteiger partial charge in [-0.3, -0.25) is 14.9 Å². The molecule has 0 bridgehead atoms. The molecule has 2 aliphatic heterocycles. The van der Waals surface area contributed by atoms with Gasteiger partial charge in [0.1, 0.15) is 0 Å². The summed E-state index contributed by atoms with van der Waals surface area (Å²) in [5.41, 5.74) is 2.03. The second kappa shape index (κ2) is 7.91. The molecule has 1 N–H and O–H groups in total. The van der Waals surface area contributed by atoms with Crippen LogP contribution >= 0.6 is 40.1 Å². The van der Waals surface area contributed by atoms with Crippen molar-refractivity contribution in [1.82, 2.24) is 10.2 Å². The molecule has 0 spiro atoms. The van der Waals surface area contributed by atoms with Gasteiger partial charge in [0, 0.05) is 29.2 Å². The zero-order valence-electron chi connectivity index (χ0n) is 13.4. The Morgan fingerprint density at radius 3 is 2.71 bits per heavy atom. The Hall–Kier alpha value is -1.02. The van der Waals surface area contributed by atoms with E-state index in [0.717, 1.165) is 47.0 Å². The Kier molecular flexibility index (Phi) is 6.36. The van der Waals surface area contributed by atoms with E-state index in [-0.39, 0.29) is 23.6 Å². The molecular formula is C16H19BrClN3O2S. The Bertz CT molecular complexity index is 696. The van der Waals surface area contributed by atoms with Gasteiger partial charge in [-0.15, -0.1) is 12.4 Å². The van der Waals surface area contributed by atoms with Crippen molar-refractivity contribution in [2.45, 2.75) is 12.5 Å². The predicted molar refractivity (Wildman–Crippen MR) is 105 cm³/mol. The lowest BCUT2D eigenvalue weighted by atomic mass is 10.1. The van der Waals surface area contributed by atoms with Crippen LogP contribution in [0.25, 0.3) is 6.08 Å². The molecule has 0 radical (unpaired) electrons. The van der Waals surface area contributed by atoms with Gasteiger partial charge < -0.3 is 9.80 Å². The highest BCUT2D eigenvalue weighted by molar-refractivity contribution is 9.10. The molecule has 0 saturated carbocycles. The number of nitrogens with one attached hydrogen (secondary N) is 1. The van der Waals surface area contributed by atoms with Gasteiger partial charge in [-0.2, -0.15) is 0 Å². The lowest BCUT2D eigenvalue weighted by Gasteiger charge is -2.24. The van der Waals surface area contributed by atoms with E-state index in [4.69, 9.17) is 0 Å². The molecule has 2 aliphatic rings. The first kappa shape index (κ1) is 19.3. The summed E-state index contributed by atoms with van der Waals surface area (Å²) in [5.74, 6) is -0.321. The summed E-state index contributed by atoms with van der Waals surface area (Å²) >= 11 is 4.58. The minimum atomic E-state index is -0.321. The summed E-state index contributed by atoms with van der Waals surface area (Å²) in [5, 5.41) is 1.98. The van der Waals surface area contributed by atoms with Crippen molar-refractivity contribution in [2.75, 3.05) is 32.1 Å². The Balaban J connectivity index is 0.00000208. The number of anilines is 1. The zero-order chi connectivity index (χ0) is 16.6. The SMILES string of the molecule is CN(C)[C@H]1CCN(c2c(Br)cccc2/C=C2\SC(=O)NC2=O)C1.Cl. The smallest absolute Gasteiger partial charge is 0.290 e. The summed E-state index contributed by atoms with van der Waals surface area (Å²) in [7, 11) is 4.20. The maximum atomic E-state index is 11.8. The standard InChI is InChI=1S/C16H18BrN3O2S.ClH/c1-19(2)11-6-7-20(9-11)14-10(4-3-5-12(14)17)8-13-15(21)18-16(22)23-13;/h3-5,8,11H,6-7,9H2,1-2H3,(H,18,21,22);1H/b13-8-;/t11-;/m0./s1. The van der Waals surface area contributed by atoms with E-state index in [1.807, 2.05) is 18.2 Å². The number of para-hydroxylation sites is 1. The second-order valence-corrected chi connectivity index (χ2v) is 7.75. The Morgan fingerprint density at radius 2 is 2.12 bits per heavy atom. The van der Waals surface area contributed by atoms with Gasteiger partial charge in [-0.05, 0) is 60.4 Å². The van der Waals surface area contributed by atoms with Crippen LogP contribution < -0.4 is 10.2 Å². The molecule has 130 valence electrons. The summed E-state index contributed by atoms with van der Waals surface area (Å²) in [6, 6.07) is 6.45. The highest BCUT2D eigenvalue weighted by Crippen LogP contribution is 2.36. The first-order valence-electron chi connectivity index (χ1n) is 7.40. The second-order valence-electron chi connectivity index (χ2n) is 5.88. The van der Waals surface area contributed by atoms with E-state index in [9.17, 15) is 9.59 Å². The Morgan fingerprint density at radius 1 is 1.38 bits per heavy atom. The number of hydrogen-bond donors (Lipinski definition) is 1. The highest BCUT2D eigenvalue weighted by atomic mass is 79.9. The minimum absolute atomic E-state index is 0. The van der Waals surface area contributed by atoms with E-state index in [2.05, 4.69) is 45.1 Å². The van der Waals surface area contributed by atoms with Gasteiger partial charge in [-0.25, -0.2) is 0 Å². The quantitative estimate of drug-likeness (QED) is 0.743. The van der Waals surface area contributed by atoms with Gasteiger partial charge in [0.15, 0.2) is 0 Å². The van der Waals surface area contributed by atoms with Crippen LogP contribution in [0.1, 0.15) is 12.0 Å². The number of halogens is 2. The molecule has 1 aromatic carbocycles. The van der Waals surface area contributed by atoms with Crippen LogP contribution in [-0.2, 0) is 4.79 Å². The zero-order valence-corrected chi connectivity index (χ0v) is 16.6. The van der Waals surface area contributed by atoms with E-state index < -0.39 is 0 Å². The van der Waals surface area contributed by atoms with Crippen molar-refractivity contribution in [3.8, 4) is 0 Å². The van der Waals surface area contributed by atoms with Gasteiger partial charge in [-0.1, -0.05) is 12.1 Å². The average Bonchev–Trinajstić information content (AvgIpc) is 3.07. The van der Waals surface area contributed by atoms with Crippen molar-refractivity contribution in [3.05, 3.63) is 33.1 Å². The number of hydrogen-bond acceptors (Lipinski definition) is 5. The van der Waals surface area contributed by atoms with Crippen molar-refractivity contribution in [1.29, 1.82) is 0 Å². The normalized spacial score (nSPS) is 22.2. The number of benzene rings is 1. The molecule has 0 aromatic heterocycles. The molecule has 2 amide bonds. The monoisotopic (exact) mass is 431 g/mol. The van der Waals surface area contributed by atoms with Crippen molar-refractivity contribution >= 4 is 63.0 Å². The van der Waals surface area contributed by atoms with Crippen LogP contribution in [0.15, 0.2) is 27.6 Å². The molecule has 0 unspecified atom stereocenters. The Labute approximate surface area is 160 Å². The molecule has 1 aromatic rings. The lowest BCUT2D eigenvalue weighted by Crippen LogP contribution is -2.31. The van der Waals surface area contributed by atoms with Gasteiger partial charge in [0.25, 0.3) is 11.1 Å². The molecule has 8 heteroatoms. The number of amides is 2. The minimum Gasteiger partial charge on any atom is -0.369 e. The first-order chi connectivity index (χ1) is 11.0. The molecule has 2 saturated heterocycles. The lowest BCUT2D eigenvalue weighted by molar-refractivity contribution is -0.115. The van der Waals surface area contributed by atoms with Gasteiger partial charge in [0.05, 0.1) is 10.6 Å². The molecule has 2 heterocycles. The highest BCUT2D eigenvalue weighted by Gasteiger charge is 2.28. The summed E-state index contributed by atoms with van der Waals surface area (Å²) in [6.07, 6.45) is 2.91. The van der Waals surface area contributed by atoms with Crippen molar-refractivity contribution < 1.29 is 9.59 Å². The van der Waals surface area contributed by atoms with E-state index >= 15 is 0 Å². The molecular weight excluding hydrogens is 414 g/mol. The third-order valence-corrected chi connectivity index (χ3v) is 5.61. The van der Waals surface area contributed by atoms with Crippen LogP contribution in [0.2, 0.25) is 0 Å². The van der Waals surface area contributed by atoms with Gasteiger partial charge in [0.2, 0.25) is 0 Å². The van der Waals surface area contributed by atoms with E-state index in [1.54, 1.807) is 6.08 Å². The maximum Gasteiger partial charge on any atom is 0.290 e. The number of carbonyl (C=O) groups is 2. The predicted octanol–water partition coefficient (Wildman–Crippen LogP) is 3.34. The third kappa shape index (κ3) is 3.96. The van der Waals surface area contributed by atoms with E-state index in [1.165, 1.54) is 0 Å². The number of likely N-dealkylation sites (N-methyl/N-ethyl adjacent to an activating group) is 1. The average molecular weight is 433 g/mol. The number of carbonyl (C=O) groups excluding carboxylic acids is 2. The number of nitrogens with zero attached hydrogens (tertiary/aromatic N) is 2. The van der Waals surface area contributed by atoms with E-state index in [0.29, 0.717) is 10.9 Å². The van der Waals surface area contributed by atoms with Crippen LogP contribution in [0, 0.1) is 0 Å². The molecule has 0 aliphatic carbocycles. The topological polar surface area (TPSA) is 52.6 Å².